The van der Waals surface area contributed by atoms with Crippen molar-refractivity contribution in [2.24, 2.45) is 5.84 Å². The van der Waals surface area contributed by atoms with Gasteiger partial charge in [-0.05, 0) is 18.2 Å². The summed E-state index contributed by atoms with van der Waals surface area (Å²) in [6, 6.07) is 8.16. The highest BCUT2D eigenvalue weighted by atomic mass is 79.9. The second-order valence-corrected chi connectivity index (χ2v) is 5.25. The minimum Gasteiger partial charge on any atom is -0.307 e. The van der Waals surface area contributed by atoms with Gasteiger partial charge in [-0.2, -0.15) is 0 Å². The molecule has 0 spiro atoms. The number of rotatable bonds is 4. The Bertz CT molecular complexity index is 489. The molecule has 0 aliphatic rings. The first-order valence-electron chi connectivity index (χ1n) is 4.94. The van der Waals surface area contributed by atoms with Gasteiger partial charge in [-0.3, -0.25) is 4.98 Å². The molecule has 0 saturated heterocycles. The average molecular weight is 311 g/mol. The quantitative estimate of drug-likeness (QED) is 0.516. The standard InChI is InChI=1S/C11H11BrN4S/c12-8-2-1-3-10(4-8)17-7-9-5-15-11(16-13)6-14-9/h1-6H,7,13H2,(H,15,16). The topological polar surface area (TPSA) is 63.8 Å². The van der Waals surface area contributed by atoms with E-state index in [1.165, 1.54) is 4.90 Å². The van der Waals surface area contributed by atoms with Crippen LogP contribution in [0.3, 0.4) is 0 Å². The number of nitrogens with one attached hydrogen (secondary N) is 1. The molecule has 3 N–H and O–H groups in total. The van der Waals surface area contributed by atoms with Crippen molar-refractivity contribution < 1.29 is 0 Å². The molecule has 0 aliphatic carbocycles. The Morgan fingerprint density at radius 3 is 2.82 bits per heavy atom. The molecule has 2 aromatic rings. The van der Waals surface area contributed by atoms with Gasteiger partial charge in [0.15, 0.2) is 5.82 Å². The van der Waals surface area contributed by atoms with E-state index in [0.717, 1.165) is 15.9 Å². The van der Waals surface area contributed by atoms with E-state index in [1.54, 1.807) is 24.2 Å². The van der Waals surface area contributed by atoms with Crippen LogP contribution in [0.2, 0.25) is 0 Å². The van der Waals surface area contributed by atoms with E-state index in [1.807, 2.05) is 12.1 Å². The Kier molecular flexibility index (Phi) is 4.36. The van der Waals surface area contributed by atoms with Gasteiger partial charge in [0.05, 0.1) is 18.1 Å². The van der Waals surface area contributed by atoms with E-state index in [2.05, 4.69) is 43.5 Å². The van der Waals surface area contributed by atoms with Gasteiger partial charge in [0.2, 0.25) is 0 Å². The smallest absolute Gasteiger partial charge is 0.158 e. The van der Waals surface area contributed by atoms with Gasteiger partial charge >= 0.3 is 0 Å². The second kappa shape index (κ2) is 6.00. The summed E-state index contributed by atoms with van der Waals surface area (Å²) < 4.78 is 1.08. The highest BCUT2D eigenvalue weighted by molar-refractivity contribution is 9.10. The van der Waals surface area contributed by atoms with Crippen LogP contribution in [0, 0.1) is 0 Å². The molecule has 17 heavy (non-hydrogen) atoms. The molecule has 0 amide bonds. The van der Waals surface area contributed by atoms with Crippen molar-refractivity contribution >= 4 is 33.5 Å². The Morgan fingerprint density at radius 1 is 1.29 bits per heavy atom. The second-order valence-electron chi connectivity index (χ2n) is 3.28. The molecule has 0 radical (unpaired) electrons. The van der Waals surface area contributed by atoms with Crippen molar-refractivity contribution in [1.29, 1.82) is 0 Å². The third kappa shape index (κ3) is 3.69. The summed E-state index contributed by atoms with van der Waals surface area (Å²) in [7, 11) is 0. The lowest BCUT2D eigenvalue weighted by atomic mass is 10.4. The Labute approximate surface area is 112 Å². The number of thioether (sulfide) groups is 1. The molecule has 88 valence electrons. The van der Waals surface area contributed by atoms with E-state index in [9.17, 15) is 0 Å². The lowest BCUT2D eigenvalue weighted by Crippen LogP contribution is -2.08. The van der Waals surface area contributed by atoms with Crippen molar-refractivity contribution in [2.75, 3.05) is 5.43 Å². The fourth-order valence-electron chi connectivity index (χ4n) is 1.22. The van der Waals surface area contributed by atoms with E-state index in [-0.39, 0.29) is 0 Å². The molecule has 0 aliphatic heterocycles. The molecular weight excluding hydrogens is 300 g/mol. The van der Waals surface area contributed by atoms with Crippen molar-refractivity contribution in [3.63, 3.8) is 0 Å². The van der Waals surface area contributed by atoms with Gasteiger partial charge in [0.1, 0.15) is 0 Å². The maximum absolute atomic E-state index is 5.22. The van der Waals surface area contributed by atoms with Crippen LogP contribution < -0.4 is 11.3 Å². The molecule has 0 saturated carbocycles. The van der Waals surface area contributed by atoms with Crippen LogP contribution in [0.25, 0.3) is 0 Å². The summed E-state index contributed by atoms with van der Waals surface area (Å²) in [5.41, 5.74) is 3.37. The summed E-state index contributed by atoms with van der Waals surface area (Å²) in [4.78, 5) is 9.55. The van der Waals surface area contributed by atoms with Gasteiger partial charge in [0.25, 0.3) is 0 Å². The van der Waals surface area contributed by atoms with Crippen LogP contribution in [-0.4, -0.2) is 9.97 Å². The molecule has 0 atom stereocenters. The number of nitrogens with two attached hydrogens (primary N) is 1. The molecule has 0 bridgehead atoms. The molecule has 0 fully saturated rings. The summed E-state index contributed by atoms with van der Waals surface area (Å²) in [6.45, 7) is 0. The van der Waals surface area contributed by atoms with E-state index in [0.29, 0.717) is 5.82 Å². The number of aromatic nitrogens is 2. The SMILES string of the molecule is NNc1cnc(CSc2cccc(Br)c2)cn1. The summed E-state index contributed by atoms with van der Waals surface area (Å²) >= 11 is 5.16. The number of hydrogen-bond acceptors (Lipinski definition) is 5. The van der Waals surface area contributed by atoms with Gasteiger partial charge in [-0.15, -0.1) is 11.8 Å². The number of hydrazine groups is 1. The zero-order valence-corrected chi connectivity index (χ0v) is 11.3. The molecule has 0 unspecified atom stereocenters. The zero-order valence-electron chi connectivity index (χ0n) is 8.93. The first-order valence-corrected chi connectivity index (χ1v) is 6.71. The predicted octanol–water partition coefficient (Wildman–Crippen LogP) is 2.82. The summed E-state index contributed by atoms with van der Waals surface area (Å²) in [5.74, 6) is 6.58. The van der Waals surface area contributed by atoms with E-state index in [4.69, 9.17) is 5.84 Å². The lowest BCUT2D eigenvalue weighted by Gasteiger charge is -2.03. The number of nitrogen functional groups attached to an aromatic ring is 1. The van der Waals surface area contributed by atoms with Gasteiger partial charge in [-0.25, -0.2) is 10.8 Å². The molecule has 1 aromatic carbocycles. The third-order valence-electron chi connectivity index (χ3n) is 2.04. The molecular formula is C11H11BrN4S. The number of nitrogens with zero attached hydrogens (tertiary/aromatic N) is 2. The van der Waals surface area contributed by atoms with E-state index >= 15 is 0 Å². The number of benzene rings is 1. The van der Waals surface area contributed by atoms with Gasteiger partial charge in [0, 0.05) is 15.1 Å². The van der Waals surface area contributed by atoms with Crippen LogP contribution in [0.4, 0.5) is 5.82 Å². The number of anilines is 1. The summed E-state index contributed by atoms with van der Waals surface area (Å²) in [5, 5.41) is 0. The Balaban J connectivity index is 1.97. The van der Waals surface area contributed by atoms with Crippen LogP contribution in [0.15, 0.2) is 46.0 Å². The minimum absolute atomic E-state index is 0.571. The minimum atomic E-state index is 0.571. The first kappa shape index (κ1) is 12.3. The van der Waals surface area contributed by atoms with Crippen molar-refractivity contribution in [3.05, 3.63) is 46.8 Å². The fourth-order valence-corrected chi connectivity index (χ4v) is 2.62. The first-order chi connectivity index (χ1) is 8.28. The van der Waals surface area contributed by atoms with Gasteiger partial charge < -0.3 is 5.43 Å². The van der Waals surface area contributed by atoms with Crippen LogP contribution in [0.5, 0.6) is 0 Å². The monoisotopic (exact) mass is 310 g/mol. The fraction of sp³-hybridized carbons (Fsp3) is 0.0909. The highest BCUT2D eigenvalue weighted by Gasteiger charge is 1.99. The van der Waals surface area contributed by atoms with Gasteiger partial charge in [-0.1, -0.05) is 22.0 Å². The van der Waals surface area contributed by atoms with Crippen molar-refractivity contribution in [2.45, 2.75) is 10.6 Å². The van der Waals surface area contributed by atoms with Crippen LogP contribution in [0.1, 0.15) is 5.69 Å². The van der Waals surface area contributed by atoms with Crippen molar-refractivity contribution in [1.82, 2.24) is 9.97 Å². The normalized spacial score (nSPS) is 10.2. The van der Waals surface area contributed by atoms with E-state index < -0.39 is 0 Å². The molecule has 1 heterocycles. The third-order valence-corrected chi connectivity index (χ3v) is 3.56. The highest BCUT2D eigenvalue weighted by Crippen LogP contribution is 2.24. The van der Waals surface area contributed by atoms with Crippen molar-refractivity contribution in [3.8, 4) is 0 Å². The predicted molar refractivity (Wildman–Crippen MR) is 73.5 cm³/mol. The number of halogens is 1. The molecule has 6 heteroatoms. The van der Waals surface area contributed by atoms with Crippen LogP contribution in [-0.2, 0) is 5.75 Å². The molecule has 1 aromatic heterocycles. The lowest BCUT2D eigenvalue weighted by molar-refractivity contribution is 1.08. The largest absolute Gasteiger partial charge is 0.307 e. The number of hydrogen-bond donors (Lipinski definition) is 2. The Morgan fingerprint density at radius 2 is 2.18 bits per heavy atom. The maximum Gasteiger partial charge on any atom is 0.158 e. The molecule has 4 nitrogen and oxygen atoms in total. The molecule has 2 rings (SSSR count). The maximum atomic E-state index is 5.22. The van der Waals surface area contributed by atoms with Crippen LogP contribution >= 0.6 is 27.7 Å². The summed E-state index contributed by atoms with van der Waals surface area (Å²) in [6.07, 6.45) is 3.34. The average Bonchev–Trinajstić information content (AvgIpc) is 2.37. The Hall–Kier alpha value is -1.11. The zero-order chi connectivity index (χ0) is 12.1.